The highest BCUT2D eigenvalue weighted by molar-refractivity contribution is 7.80. The molecule has 1 amide bonds. The number of hydrogen-bond donors (Lipinski definition) is 2. The summed E-state index contributed by atoms with van der Waals surface area (Å²) in [5.41, 5.74) is 4.43. The molecular weight excluding hydrogens is 392 g/mol. The molecule has 148 valence electrons. The summed E-state index contributed by atoms with van der Waals surface area (Å²) in [6.07, 6.45) is 2.41. The van der Waals surface area contributed by atoms with Crippen LogP contribution in [0.1, 0.15) is 21.6 Å². The summed E-state index contributed by atoms with van der Waals surface area (Å²) in [4.78, 5) is 12.7. The highest BCUT2D eigenvalue weighted by atomic mass is 32.1. The van der Waals surface area contributed by atoms with Gasteiger partial charge in [-0.25, -0.2) is 4.68 Å². The van der Waals surface area contributed by atoms with Gasteiger partial charge in [0.05, 0.1) is 11.9 Å². The van der Waals surface area contributed by atoms with Crippen molar-refractivity contribution < 1.29 is 4.79 Å². The van der Waals surface area contributed by atoms with Crippen molar-refractivity contribution in [2.24, 2.45) is 0 Å². The largest absolute Gasteiger partial charge is 0.332 e. The number of carbonyl (C=O) groups is 1. The number of rotatable bonds is 5. The van der Waals surface area contributed by atoms with Crippen LogP contribution in [0.4, 0.5) is 5.69 Å². The van der Waals surface area contributed by atoms with E-state index >= 15 is 0 Å². The van der Waals surface area contributed by atoms with Gasteiger partial charge in [-0.3, -0.25) is 10.1 Å². The third-order valence-corrected chi connectivity index (χ3v) is 4.74. The smallest absolute Gasteiger partial charge is 0.276 e. The molecule has 0 unspecified atom stereocenters. The van der Waals surface area contributed by atoms with Crippen molar-refractivity contribution in [1.82, 2.24) is 15.1 Å². The average molecular weight is 413 g/mol. The molecule has 4 rings (SSSR count). The molecule has 4 aromatic rings. The lowest BCUT2D eigenvalue weighted by molar-refractivity contribution is 0.0970. The summed E-state index contributed by atoms with van der Waals surface area (Å²) in [7, 11) is 0. The first kappa shape index (κ1) is 19.5. The van der Waals surface area contributed by atoms with E-state index < -0.39 is 0 Å². The first-order valence-corrected chi connectivity index (χ1v) is 9.94. The molecule has 0 fully saturated rings. The molecule has 1 heterocycles. The maximum Gasteiger partial charge on any atom is 0.276 e. The zero-order chi connectivity index (χ0) is 20.8. The summed E-state index contributed by atoms with van der Waals surface area (Å²) in [5.74, 6) is -0.325. The van der Waals surface area contributed by atoms with Crippen molar-refractivity contribution in [2.75, 3.05) is 5.32 Å². The van der Waals surface area contributed by atoms with Crippen molar-refractivity contribution in [3.8, 4) is 5.69 Å². The van der Waals surface area contributed by atoms with Gasteiger partial charge in [-0.05, 0) is 60.1 Å². The predicted molar refractivity (Wildman–Crippen MR) is 123 cm³/mol. The minimum absolute atomic E-state index is 0.234. The third-order valence-electron chi connectivity index (χ3n) is 4.54. The van der Waals surface area contributed by atoms with Crippen LogP contribution in [0.25, 0.3) is 5.69 Å². The fourth-order valence-corrected chi connectivity index (χ4v) is 3.38. The van der Waals surface area contributed by atoms with E-state index in [1.165, 1.54) is 5.56 Å². The topological polar surface area (TPSA) is 59.0 Å². The number of nitrogens with zero attached hydrogens (tertiary/aromatic N) is 2. The van der Waals surface area contributed by atoms with Gasteiger partial charge < -0.3 is 5.32 Å². The van der Waals surface area contributed by atoms with Crippen LogP contribution in [-0.2, 0) is 6.42 Å². The van der Waals surface area contributed by atoms with E-state index in [1.807, 2.05) is 66.7 Å². The second-order valence-corrected chi connectivity index (χ2v) is 7.14. The fraction of sp³-hybridized carbons (Fsp3) is 0.0417. The van der Waals surface area contributed by atoms with Gasteiger partial charge in [0.1, 0.15) is 5.69 Å². The van der Waals surface area contributed by atoms with Gasteiger partial charge in [-0.2, -0.15) is 5.10 Å². The highest BCUT2D eigenvalue weighted by Gasteiger charge is 2.14. The average Bonchev–Trinajstić information content (AvgIpc) is 3.25. The summed E-state index contributed by atoms with van der Waals surface area (Å²) < 4.78 is 1.58. The van der Waals surface area contributed by atoms with Crippen LogP contribution in [0, 0.1) is 0 Å². The number of aromatic nitrogens is 2. The molecule has 0 aliphatic rings. The molecule has 0 spiro atoms. The van der Waals surface area contributed by atoms with Gasteiger partial charge in [-0.1, -0.05) is 60.7 Å². The summed E-state index contributed by atoms with van der Waals surface area (Å²) in [6, 6.07) is 29.4. The first-order chi connectivity index (χ1) is 14.7. The maximum atomic E-state index is 12.7. The van der Waals surface area contributed by atoms with Crippen molar-refractivity contribution in [1.29, 1.82) is 0 Å². The number of thiocarbonyl (C=S) groups is 1. The molecule has 0 saturated carbocycles. The number of anilines is 1. The Morgan fingerprint density at radius 1 is 0.867 bits per heavy atom. The Kier molecular flexibility index (Phi) is 5.96. The number of para-hydroxylation sites is 1. The van der Waals surface area contributed by atoms with Crippen molar-refractivity contribution in [3.05, 3.63) is 114 Å². The van der Waals surface area contributed by atoms with Gasteiger partial charge in [0.2, 0.25) is 0 Å². The molecule has 3 aromatic carbocycles. The number of nitrogens with one attached hydrogen (secondary N) is 2. The van der Waals surface area contributed by atoms with Crippen LogP contribution < -0.4 is 10.6 Å². The van der Waals surface area contributed by atoms with Crippen LogP contribution in [0.15, 0.2) is 97.2 Å². The van der Waals surface area contributed by atoms with Gasteiger partial charge in [0.25, 0.3) is 5.91 Å². The molecule has 0 saturated heterocycles. The Labute approximate surface area is 180 Å². The van der Waals surface area contributed by atoms with E-state index in [-0.39, 0.29) is 11.0 Å². The van der Waals surface area contributed by atoms with Crippen LogP contribution in [0.5, 0.6) is 0 Å². The van der Waals surface area contributed by atoms with E-state index in [0.717, 1.165) is 23.4 Å². The van der Waals surface area contributed by atoms with Crippen molar-refractivity contribution in [3.63, 3.8) is 0 Å². The second kappa shape index (κ2) is 9.15. The van der Waals surface area contributed by atoms with Gasteiger partial charge in [-0.15, -0.1) is 0 Å². The molecule has 1 aromatic heterocycles. The Morgan fingerprint density at radius 2 is 1.57 bits per heavy atom. The van der Waals surface area contributed by atoms with Gasteiger partial charge in [0, 0.05) is 5.69 Å². The molecule has 30 heavy (non-hydrogen) atoms. The standard InChI is InChI=1S/C24H20N4OS/c29-23(22-14-15-25-28(22)21-12-5-2-6-13-21)27-24(30)26-20-11-7-10-19(17-20)16-18-8-3-1-4-9-18/h1-15,17H,16H2,(H2,26,27,29,30). The Balaban J connectivity index is 1.41. The molecule has 6 heteroatoms. The lowest BCUT2D eigenvalue weighted by Crippen LogP contribution is -2.35. The Bertz CT molecular complexity index is 1160. The molecule has 0 radical (unpaired) electrons. The SMILES string of the molecule is O=C(NC(=S)Nc1cccc(Cc2ccccc2)c1)c1ccnn1-c1ccccc1. The lowest BCUT2D eigenvalue weighted by Gasteiger charge is -2.12. The zero-order valence-corrected chi connectivity index (χ0v) is 17.0. The molecule has 0 bridgehead atoms. The van der Waals surface area contributed by atoms with E-state index in [2.05, 4.69) is 33.9 Å². The maximum absolute atomic E-state index is 12.7. The summed E-state index contributed by atoms with van der Waals surface area (Å²) in [5, 5.41) is 10.3. The first-order valence-electron chi connectivity index (χ1n) is 9.54. The molecule has 5 nitrogen and oxygen atoms in total. The van der Waals surface area contributed by atoms with Crippen LogP contribution in [0.3, 0.4) is 0 Å². The van der Waals surface area contributed by atoms with E-state index in [1.54, 1.807) is 16.9 Å². The quantitative estimate of drug-likeness (QED) is 0.471. The number of benzene rings is 3. The summed E-state index contributed by atoms with van der Waals surface area (Å²) >= 11 is 5.35. The van der Waals surface area contributed by atoms with E-state index in [4.69, 9.17) is 12.2 Å². The van der Waals surface area contributed by atoms with Gasteiger partial charge >= 0.3 is 0 Å². The van der Waals surface area contributed by atoms with Crippen LogP contribution in [0.2, 0.25) is 0 Å². The zero-order valence-electron chi connectivity index (χ0n) is 16.2. The summed E-state index contributed by atoms with van der Waals surface area (Å²) in [6.45, 7) is 0. The van der Waals surface area contributed by atoms with Gasteiger partial charge in [0.15, 0.2) is 5.11 Å². The third kappa shape index (κ3) is 4.79. The molecule has 0 aliphatic carbocycles. The number of hydrogen-bond acceptors (Lipinski definition) is 3. The Morgan fingerprint density at radius 3 is 2.33 bits per heavy atom. The van der Waals surface area contributed by atoms with Crippen molar-refractivity contribution in [2.45, 2.75) is 6.42 Å². The predicted octanol–water partition coefficient (Wildman–Crippen LogP) is 4.59. The minimum atomic E-state index is -0.325. The van der Waals surface area contributed by atoms with E-state index in [0.29, 0.717) is 5.69 Å². The number of amides is 1. The van der Waals surface area contributed by atoms with E-state index in [9.17, 15) is 4.79 Å². The normalized spacial score (nSPS) is 10.4. The molecule has 2 N–H and O–H groups in total. The lowest BCUT2D eigenvalue weighted by atomic mass is 10.0. The minimum Gasteiger partial charge on any atom is -0.332 e. The second-order valence-electron chi connectivity index (χ2n) is 6.73. The number of carbonyl (C=O) groups excluding carboxylic acids is 1. The molecule has 0 aliphatic heterocycles. The highest BCUT2D eigenvalue weighted by Crippen LogP contribution is 2.15. The van der Waals surface area contributed by atoms with Crippen molar-refractivity contribution >= 4 is 28.9 Å². The molecular formula is C24H20N4OS. The molecule has 0 atom stereocenters. The van der Waals surface area contributed by atoms with Crippen LogP contribution >= 0.6 is 12.2 Å². The fourth-order valence-electron chi connectivity index (χ4n) is 3.17. The monoisotopic (exact) mass is 412 g/mol. The van der Waals surface area contributed by atoms with Crippen LogP contribution in [-0.4, -0.2) is 20.8 Å². The Hall–Kier alpha value is -3.77.